The Kier molecular flexibility index (Phi) is 7.36. The molecule has 10 heteroatoms. The van der Waals surface area contributed by atoms with E-state index in [4.69, 9.17) is 23.2 Å². The lowest BCUT2D eigenvalue weighted by Gasteiger charge is -2.26. The second-order valence-electron chi connectivity index (χ2n) is 12.0. The van der Waals surface area contributed by atoms with Crippen LogP contribution in [0, 0.1) is 16.7 Å². The normalized spacial score (nSPS) is 16.4. The minimum absolute atomic E-state index is 0.00477. The number of hydrogen-bond donors (Lipinski definition) is 4. The van der Waals surface area contributed by atoms with E-state index in [1.54, 1.807) is 6.20 Å². The molecule has 1 aliphatic heterocycles. The van der Waals surface area contributed by atoms with Gasteiger partial charge in [-0.1, -0.05) is 68.2 Å². The summed E-state index contributed by atoms with van der Waals surface area (Å²) in [7, 11) is 0. The molecule has 6 rings (SSSR count). The minimum atomic E-state index is -0.345. The highest BCUT2D eigenvalue weighted by molar-refractivity contribution is 6.36. The summed E-state index contributed by atoms with van der Waals surface area (Å²) in [5.74, 6) is 0. The Balaban J connectivity index is 1.40. The van der Waals surface area contributed by atoms with E-state index in [2.05, 4.69) is 75.7 Å². The molecule has 2 aromatic carbocycles. The zero-order chi connectivity index (χ0) is 29.5. The van der Waals surface area contributed by atoms with Gasteiger partial charge >= 0.3 is 0 Å². The van der Waals surface area contributed by atoms with Crippen LogP contribution in [0.3, 0.4) is 0 Å². The number of hydrogen-bond acceptors (Lipinski definition) is 8. The molecule has 1 saturated carbocycles. The molecule has 1 fully saturated rings. The van der Waals surface area contributed by atoms with Gasteiger partial charge in [0.1, 0.15) is 6.07 Å². The Morgan fingerprint density at radius 2 is 1.86 bits per heavy atom. The van der Waals surface area contributed by atoms with Gasteiger partial charge in [-0.25, -0.2) is 0 Å². The maximum atomic E-state index is 9.87. The third-order valence-electron chi connectivity index (χ3n) is 7.59. The number of nitrogens with one attached hydrogen (secondary N) is 4. The van der Waals surface area contributed by atoms with E-state index in [9.17, 15) is 5.26 Å². The van der Waals surface area contributed by atoms with Gasteiger partial charge in [0.25, 0.3) is 0 Å². The van der Waals surface area contributed by atoms with Gasteiger partial charge in [-0.2, -0.15) is 5.26 Å². The van der Waals surface area contributed by atoms with Crippen LogP contribution >= 0.6 is 23.2 Å². The summed E-state index contributed by atoms with van der Waals surface area (Å²) < 4.78 is 0. The predicted molar refractivity (Wildman–Crippen MR) is 169 cm³/mol. The molecule has 1 aliphatic carbocycles. The molecular formula is C32H32Cl2N8. The van der Waals surface area contributed by atoms with Crippen LogP contribution in [-0.2, 0) is 5.54 Å². The van der Waals surface area contributed by atoms with Gasteiger partial charge < -0.3 is 16.1 Å². The van der Waals surface area contributed by atoms with Gasteiger partial charge in [0.15, 0.2) is 0 Å². The SMILES string of the molecule is CC(C)(C)CNc1c(C#N)cnc2c(Cl)cc(NC(C3=CN(C4(c5ccccn5)CC4)NN3)c3ccccc3Cl)cc12. The zero-order valence-corrected chi connectivity index (χ0v) is 25.2. The van der Waals surface area contributed by atoms with Crippen molar-refractivity contribution in [3.63, 3.8) is 0 Å². The molecule has 0 spiro atoms. The average molecular weight is 600 g/mol. The fraction of sp³-hybridized carbons (Fsp3) is 0.281. The average Bonchev–Trinajstić information content (AvgIpc) is 3.64. The number of nitriles is 1. The first kappa shape index (κ1) is 28.1. The maximum absolute atomic E-state index is 9.87. The molecule has 1 atom stereocenters. The second kappa shape index (κ2) is 11.0. The maximum Gasteiger partial charge on any atom is 0.103 e. The predicted octanol–water partition coefficient (Wildman–Crippen LogP) is 7.27. The van der Waals surface area contributed by atoms with Crippen molar-refractivity contribution in [2.45, 2.75) is 45.2 Å². The third-order valence-corrected chi connectivity index (χ3v) is 8.23. The molecule has 1 unspecified atom stereocenters. The lowest BCUT2D eigenvalue weighted by Crippen LogP contribution is -2.44. The zero-order valence-electron chi connectivity index (χ0n) is 23.7. The number of hydrazine groups is 2. The summed E-state index contributed by atoms with van der Waals surface area (Å²) in [5.41, 5.74) is 11.9. The number of anilines is 2. The fourth-order valence-corrected chi connectivity index (χ4v) is 5.77. The summed E-state index contributed by atoms with van der Waals surface area (Å²) in [4.78, 5) is 9.14. The number of nitrogens with zero attached hydrogens (tertiary/aromatic N) is 4. The largest absolute Gasteiger partial charge is 0.383 e. The third kappa shape index (κ3) is 5.43. The smallest absolute Gasteiger partial charge is 0.103 e. The molecular weight excluding hydrogens is 567 g/mol. The van der Waals surface area contributed by atoms with Gasteiger partial charge in [0.05, 0.1) is 44.8 Å². The summed E-state index contributed by atoms with van der Waals surface area (Å²) in [6, 6.07) is 19.6. The van der Waals surface area contributed by atoms with Crippen LogP contribution < -0.4 is 21.6 Å². The topological polar surface area (TPSA) is 101 Å². The monoisotopic (exact) mass is 598 g/mol. The molecule has 2 aliphatic rings. The van der Waals surface area contributed by atoms with Crippen molar-refractivity contribution in [1.29, 1.82) is 5.26 Å². The number of benzene rings is 2. The second-order valence-corrected chi connectivity index (χ2v) is 12.8. The first-order chi connectivity index (χ1) is 20.2. The van der Waals surface area contributed by atoms with Crippen molar-refractivity contribution in [3.05, 3.63) is 106 Å². The Labute approximate surface area is 255 Å². The van der Waals surface area contributed by atoms with Crippen LogP contribution in [0.1, 0.15) is 56.5 Å². The van der Waals surface area contributed by atoms with Crippen molar-refractivity contribution in [1.82, 2.24) is 25.9 Å². The highest BCUT2D eigenvalue weighted by atomic mass is 35.5. The summed E-state index contributed by atoms with van der Waals surface area (Å²) in [6.45, 7) is 7.10. The molecule has 3 heterocycles. The molecule has 4 aromatic rings. The fourth-order valence-electron chi connectivity index (χ4n) is 5.25. The minimum Gasteiger partial charge on any atom is -0.383 e. The number of rotatable bonds is 8. The summed E-state index contributed by atoms with van der Waals surface area (Å²) >= 11 is 13.6. The number of pyridine rings is 2. The van der Waals surface area contributed by atoms with Crippen LogP contribution in [0.5, 0.6) is 0 Å². The summed E-state index contributed by atoms with van der Waals surface area (Å²) in [5, 5.41) is 21.0. The Morgan fingerprint density at radius 1 is 1.07 bits per heavy atom. The molecule has 0 amide bonds. The van der Waals surface area contributed by atoms with Gasteiger partial charge in [0.2, 0.25) is 0 Å². The molecule has 2 aromatic heterocycles. The van der Waals surface area contributed by atoms with Gasteiger partial charge in [-0.15, -0.1) is 5.53 Å². The van der Waals surface area contributed by atoms with Crippen LogP contribution in [-0.4, -0.2) is 21.5 Å². The van der Waals surface area contributed by atoms with E-state index in [1.807, 2.05) is 54.7 Å². The van der Waals surface area contributed by atoms with Crippen molar-refractivity contribution in [2.75, 3.05) is 17.2 Å². The van der Waals surface area contributed by atoms with Gasteiger partial charge in [-0.05, 0) is 54.2 Å². The van der Waals surface area contributed by atoms with E-state index in [0.717, 1.165) is 40.9 Å². The first-order valence-electron chi connectivity index (χ1n) is 13.9. The Morgan fingerprint density at radius 3 is 2.55 bits per heavy atom. The van der Waals surface area contributed by atoms with Crippen LogP contribution in [0.15, 0.2) is 78.9 Å². The molecule has 42 heavy (non-hydrogen) atoms. The van der Waals surface area contributed by atoms with Crippen molar-refractivity contribution in [3.8, 4) is 6.07 Å². The van der Waals surface area contributed by atoms with E-state index in [1.165, 1.54) is 0 Å². The molecule has 4 N–H and O–H groups in total. The van der Waals surface area contributed by atoms with Crippen molar-refractivity contribution < 1.29 is 0 Å². The van der Waals surface area contributed by atoms with Gasteiger partial charge in [-0.3, -0.25) is 15.0 Å². The quantitative estimate of drug-likeness (QED) is 0.168. The molecule has 8 nitrogen and oxygen atoms in total. The van der Waals surface area contributed by atoms with E-state index in [-0.39, 0.29) is 17.0 Å². The van der Waals surface area contributed by atoms with Crippen molar-refractivity contribution >= 4 is 45.5 Å². The van der Waals surface area contributed by atoms with Crippen LogP contribution in [0.2, 0.25) is 10.0 Å². The van der Waals surface area contributed by atoms with Crippen LogP contribution in [0.4, 0.5) is 11.4 Å². The standard InChI is InChI=1S/C32H32Cl2N8/c1-31(2,3)19-38-28-20(16-35)17-37-29-23(28)14-21(15-25(29)34)39-30(22-8-4-5-9-24(22)33)26-18-42(41-40-26)32(11-12-32)27-10-6-7-13-36-27/h4-10,13-15,17-18,30,39-41H,11-12,19H2,1-3H3,(H,37,38). The first-order valence-corrected chi connectivity index (χ1v) is 14.7. The van der Waals surface area contributed by atoms with E-state index >= 15 is 0 Å². The highest BCUT2D eigenvalue weighted by Gasteiger charge is 2.52. The lowest BCUT2D eigenvalue weighted by molar-refractivity contribution is 0.173. The van der Waals surface area contributed by atoms with E-state index < -0.39 is 0 Å². The molecule has 0 saturated heterocycles. The van der Waals surface area contributed by atoms with Crippen molar-refractivity contribution in [2.24, 2.45) is 5.41 Å². The Bertz CT molecular complexity index is 1700. The summed E-state index contributed by atoms with van der Waals surface area (Å²) in [6.07, 6.45) is 7.47. The van der Waals surface area contributed by atoms with Gasteiger partial charge in [0, 0.05) is 41.2 Å². The molecule has 0 bridgehead atoms. The molecule has 0 radical (unpaired) electrons. The van der Waals surface area contributed by atoms with E-state index in [0.29, 0.717) is 33.4 Å². The Hall–Kier alpha value is -4.03. The number of fused-ring (bicyclic) bond motifs is 1. The molecule has 214 valence electrons. The number of halogens is 2. The lowest BCUT2D eigenvalue weighted by atomic mass is 9.96. The highest BCUT2D eigenvalue weighted by Crippen LogP contribution is 2.50. The van der Waals surface area contributed by atoms with Crippen LogP contribution in [0.25, 0.3) is 10.9 Å². The number of aromatic nitrogens is 2.